The molecule has 5 nitrogen and oxygen atoms in total. The molecule has 0 saturated carbocycles. The van der Waals surface area contributed by atoms with Gasteiger partial charge in [-0.3, -0.25) is 10.1 Å². The van der Waals surface area contributed by atoms with Crippen molar-refractivity contribution < 1.29 is 9.34 Å². The molecule has 0 unspecified atom stereocenters. The highest BCUT2D eigenvalue weighted by Crippen LogP contribution is 2.27. The minimum Gasteiger partial charge on any atom is -0.466 e. The second-order valence-corrected chi connectivity index (χ2v) is 4.68. The number of anilines is 1. The summed E-state index contributed by atoms with van der Waals surface area (Å²) < 4.78 is 6.08. The standard InChI is InChI=1S/C12H11BrN2O3/c1-8-2-3-11(15(16)17)10(6-8)14-7-12-9(13)4-5-18-12/h2-6,14H,7H2,1H3. The Morgan fingerprint density at radius 2 is 2.22 bits per heavy atom. The van der Waals surface area contributed by atoms with Gasteiger partial charge in [0.25, 0.3) is 5.69 Å². The smallest absolute Gasteiger partial charge is 0.292 e. The molecule has 0 saturated heterocycles. The van der Waals surface area contributed by atoms with E-state index in [0.29, 0.717) is 18.0 Å². The zero-order valence-corrected chi connectivity index (χ0v) is 11.2. The van der Waals surface area contributed by atoms with Gasteiger partial charge in [-0.1, -0.05) is 6.07 Å². The van der Waals surface area contributed by atoms with Crippen LogP contribution in [0.3, 0.4) is 0 Å². The molecule has 1 aromatic carbocycles. The largest absolute Gasteiger partial charge is 0.466 e. The number of nitro groups is 1. The zero-order chi connectivity index (χ0) is 13.1. The summed E-state index contributed by atoms with van der Waals surface area (Å²) in [4.78, 5) is 10.5. The average Bonchev–Trinajstić information content (AvgIpc) is 2.72. The van der Waals surface area contributed by atoms with E-state index in [1.165, 1.54) is 6.07 Å². The minimum absolute atomic E-state index is 0.0586. The Hall–Kier alpha value is -1.82. The van der Waals surface area contributed by atoms with Gasteiger partial charge in [0.2, 0.25) is 0 Å². The molecule has 0 aliphatic heterocycles. The molecule has 6 heteroatoms. The number of furan rings is 1. The van der Waals surface area contributed by atoms with Gasteiger partial charge in [0, 0.05) is 6.07 Å². The highest BCUT2D eigenvalue weighted by Gasteiger charge is 2.14. The molecule has 0 radical (unpaired) electrons. The van der Waals surface area contributed by atoms with Crippen LogP contribution in [0.1, 0.15) is 11.3 Å². The van der Waals surface area contributed by atoms with Crippen molar-refractivity contribution in [3.8, 4) is 0 Å². The van der Waals surface area contributed by atoms with E-state index in [-0.39, 0.29) is 5.69 Å². The summed E-state index contributed by atoms with van der Waals surface area (Å²) in [5, 5.41) is 13.9. The number of benzene rings is 1. The van der Waals surface area contributed by atoms with Gasteiger partial charge < -0.3 is 9.73 Å². The molecule has 0 aliphatic rings. The Labute approximate surface area is 112 Å². The average molecular weight is 311 g/mol. The number of nitro benzene ring substituents is 1. The molecule has 2 rings (SSSR count). The fourth-order valence-electron chi connectivity index (χ4n) is 1.58. The maximum absolute atomic E-state index is 10.9. The second-order valence-electron chi connectivity index (χ2n) is 3.82. The maximum Gasteiger partial charge on any atom is 0.292 e. The summed E-state index contributed by atoms with van der Waals surface area (Å²) >= 11 is 3.33. The fraction of sp³-hybridized carbons (Fsp3) is 0.167. The van der Waals surface area contributed by atoms with Crippen LogP contribution < -0.4 is 5.32 Å². The summed E-state index contributed by atoms with van der Waals surface area (Å²) in [6.07, 6.45) is 1.56. The van der Waals surface area contributed by atoms with Gasteiger partial charge in [0.1, 0.15) is 11.4 Å². The molecule has 94 valence electrons. The third-order valence-corrected chi connectivity index (χ3v) is 3.19. The quantitative estimate of drug-likeness (QED) is 0.687. The molecule has 1 aromatic heterocycles. The van der Waals surface area contributed by atoms with E-state index >= 15 is 0 Å². The van der Waals surface area contributed by atoms with Gasteiger partial charge in [-0.2, -0.15) is 0 Å². The molecule has 2 aromatic rings. The summed E-state index contributed by atoms with van der Waals surface area (Å²) in [6.45, 7) is 2.27. The van der Waals surface area contributed by atoms with Crippen molar-refractivity contribution >= 4 is 27.3 Å². The number of halogens is 1. The van der Waals surface area contributed by atoms with Gasteiger partial charge in [-0.15, -0.1) is 0 Å². The first kappa shape index (κ1) is 12.6. The number of aryl methyl sites for hydroxylation is 1. The van der Waals surface area contributed by atoms with Gasteiger partial charge in [0.15, 0.2) is 0 Å². The lowest BCUT2D eigenvalue weighted by Gasteiger charge is -2.06. The van der Waals surface area contributed by atoms with Crippen LogP contribution in [0.25, 0.3) is 0 Å². The van der Waals surface area contributed by atoms with Crippen molar-refractivity contribution in [3.05, 3.63) is 56.4 Å². The van der Waals surface area contributed by atoms with Gasteiger partial charge >= 0.3 is 0 Å². The summed E-state index contributed by atoms with van der Waals surface area (Å²) in [7, 11) is 0. The van der Waals surface area contributed by atoms with E-state index in [2.05, 4.69) is 21.2 Å². The van der Waals surface area contributed by atoms with Gasteiger partial charge in [-0.05, 0) is 40.5 Å². The molecule has 18 heavy (non-hydrogen) atoms. The van der Waals surface area contributed by atoms with E-state index in [0.717, 1.165) is 10.0 Å². The van der Waals surface area contributed by atoms with Crippen molar-refractivity contribution in [2.24, 2.45) is 0 Å². The van der Waals surface area contributed by atoms with Crippen molar-refractivity contribution in [1.82, 2.24) is 0 Å². The normalized spacial score (nSPS) is 10.3. The first-order valence-corrected chi connectivity index (χ1v) is 6.08. The summed E-state index contributed by atoms with van der Waals surface area (Å²) in [6, 6.07) is 6.73. The van der Waals surface area contributed by atoms with E-state index in [4.69, 9.17) is 4.42 Å². The van der Waals surface area contributed by atoms with Crippen LogP contribution in [-0.4, -0.2) is 4.92 Å². The monoisotopic (exact) mass is 310 g/mol. The Kier molecular flexibility index (Phi) is 3.66. The third kappa shape index (κ3) is 2.70. The lowest BCUT2D eigenvalue weighted by molar-refractivity contribution is -0.384. The molecule has 0 fully saturated rings. The van der Waals surface area contributed by atoms with Gasteiger partial charge in [0.05, 0.1) is 22.2 Å². The van der Waals surface area contributed by atoms with Crippen LogP contribution in [0, 0.1) is 17.0 Å². The van der Waals surface area contributed by atoms with Crippen LogP contribution in [0.4, 0.5) is 11.4 Å². The summed E-state index contributed by atoms with van der Waals surface area (Å²) in [5.41, 5.74) is 1.51. The molecule has 0 bridgehead atoms. The fourth-order valence-corrected chi connectivity index (χ4v) is 1.92. The molecule has 1 N–H and O–H groups in total. The Morgan fingerprint density at radius 3 is 2.83 bits per heavy atom. The number of hydrogen-bond acceptors (Lipinski definition) is 4. The third-order valence-electron chi connectivity index (χ3n) is 2.48. The molecule has 1 heterocycles. The van der Waals surface area contributed by atoms with E-state index in [1.807, 2.05) is 6.92 Å². The molecular weight excluding hydrogens is 300 g/mol. The van der Waals surface area contributed by atoms with Crippen LogP contribution in [0.2, 0.25) is 0 Å². The second kappa shape index (κ2) is 5.22. The van der Waals surface area contributed by atoms with Crippen molar-refractivity contribution in [2.45, 2.75) is 13.5 Å². The Morgan fingerprint density at radius 1 is 1.44 bits per heavy atom. The van der Waals surface area contributed by atoms with Crippen molar-refractivity contribution in [3.63, 3.8) is 0 Å². The lowest BCUT2D eigenvalue weighted by Crippen LogP contribution is -2.02. The van der Waals surface area contributed by atoms with E-state index < -0.39 is 4.92 Å². The number of nitrogens with one attached hydrogen (secondary N) is 1. The molecule has 0 spiro atoms. The predicted molar refractivity (Wildman–Crippen MR) is 71.6 cm³/mol. The molecule has 0 atom stereocenters. The highest BCUT2D eigenvalue weighted by molar-refractivity contribution is 9.10. The van der Waals surface area contributed by atoms with Crippen LogP contribution in [-0.2, 0) is 6.54 Å². The molecular formula is C12H11BrN2O3. The minimum atomic E-state index is -0.404. The zero-order valence-electron chi connectivity index (χ0n) is 9.64. The lowest BCUT2D eigenvalue weighted by atomic mass is 10.2. The predicted octanol–water partition coefficient (Wildman–Crippen LogP) is 3.87. The van der Waals surface area contributed by atoms with Crippen molar-refractivity contribution in [1.29, 1.82) is 0 Å². The van der Waals surface area contributed by atoms with Crippen LogP contribution in [0.15, 0.2) is 39.4 Å². The molecule has 0 amide bonds. The SMILES string of the molecule is Cc1ccc([N+](=O)[O-])c(NCc2occc2Br)c1. The number of rotatable bonds is 4. The topological polar surface area (TPSA) is 68.3 Å². The number of nitrogens with zero attached hydrogens (tertiary/aromatic N) is 1. The number of hydrogen-bond donors (Lipinski definition) is 1. The maximum atomic E-state index is 10.9. The highest BCUT2D eigenvalue weighted by atomic mass is 79.9. The Bertz CT molecular complexity index is 580. The first-order valence-electron chi connectivity index (χ1n) is 5.28. The Balaban J connectivity index is 2.20. The molecule has 0 aliphatic carbocycles. The first-order chi connectivity index (χ1) is 8.58. The summed E-state index contributed by atoms with van der Waals surface area (Å²) in [5.74, 6) is 0.700. The van der Waals surface area contributed by atoms with Crippen LogP contribution in [0.5, 0.6) is 0 Å². The van der Waals surface area contributed by atoms with E-state index in [9.17, 15) is 10.1 Å². The van der Waals surface area contributed by atoms with Crippen molar-refractivity contribution in [2.75, 3.05) is 5.32 Å². The van der Waals surface area contributed by atoms with Gasteiger partial charge in [-0.25, -0.2) is 0 Å². The van der Waals surface area contributed by atoms with Crippen LogP contribution >= 0.6 is 15.9 Å². The van der Waals surface area contributed by atoms with E-state index in [1.54, 1.807) is 24.5 Å².